The maximum absolute atomic E-state index is 11.2. The van der Waals surface area contributed by atoms with Crippen LogP contribution in [0.25, 0.3) is 0 Å². The quantitative estimate of drug-likeness (QED) is 0.685. The van der Waals surface area contributed by atoms with Crippen LogP contribution in [0.3, 0.4) is 0 Å². The minimum atomic E-state index is -0.678. The van der Waals surface area contributed by atoms with Crippen molar-refractivity contribution in [3.05, 3.63) is 29.3 Å². The van der Waals surface area contributed by atoms with E-state index < -0.39 is 11.9 Å². The minimum Gasteiger partial charge on any atom is -0.368 e. The second kappa shape index (κ2) is 5.94. The summed E-state index contributed by atoms with van der Waals surface area (Å²) in [5.74, 6) is -0.678. The summed E-state index contributed by atoms with van der Waals surface area (Å²) >= 11 is 5.71. The van der Waals surface area contributed by atoms with Crippen LogP contribution in [0.2, 0.25) is 5.02 Å². The van der Waals surface area contributed by atoms with E-state index in [9.17, 15) is 9.59 Å². The Kier molecular flexibility index (Phi) is 4.56. The molecule has 0 radical (unpaired) electrons. The summed E-state index contributed by atoms with van der Waals surface area (Å²) in [4.78, 5) is 25.9. The van der Waals surface area contributed by atoms with E-state index in [2.05, 4.69) is 10.2 Å². The minimum absolute atomic E-state index is 0.386. The Balaban J connectivity index is 2.37. The first-order valence-electron chi connectivity index (χ1n) is 4.30. The van der Waals surface area contributed by atoms with Gasteiger partial charge in [-0.2, -0.15) is 0 Å². The molecule has 0 aliphatic carbocycles. The number of urea groups is 1. The van der Waals surface area contributed by atoms with E-state index in [1.807, 2.05) is 5.48 Å². The zero-order valence-electron chi connectivity index (χ0n) is 8.20. The van der Waals surface area contributed by atoms with E-state index in [0.29, 0.717) is 10.7 Å². The van der Waals surface area contributed by atoms with Crippen LogP contribution in [0.15, 0.2) is 24.3 Å². The molecule has 0 unspecified atom stereocenters. The van der Waals surface area contributed by atoms with Crippen molar-refractivity contribution in [2.24, 2.45) is 5.73 Å². The number of hydrogen-bond acceptors (Lipinski definition) is 3. The number of carbonyl (C=O) groups is 2. The Morgan fingerprint density at radius 1 is 1.44 bits per heavy atom. The highest BCUT2D eigenvalue weighted by Gasteiger charge is 2.02. The van der Waals surface area contributed by atoms with Crippen LogP contribution < -0.4 is 16.5 Å². The third-order valence-corrected chi connectivity index (χ3v) is 1.70. The zero-order valence-corrected chi connectivity index (χ0v) is 8.95. The first-order chi connectivity index (χ1) is 7.58. The largest absolute Gasteiger partial charge is 0.368 e. The van der Waals surface area contributed by atoms with Crippen molar-refractivity contribution in [2.45, 2.75) is 0 Å². The van der Waals surface area contributed by atoms with Gasteiger partial charge >= 0.3 is 6.03 Å². The average Bonchev–Trinajstić information content (AvgIpc) is 2.16. The Morgan fingerprint density at radius 2 is 2.19 bits per heavy atom. The number of carbonyl (C=O) groups excluding carboxylic acids is 2. The Bertz CT molecular complexity index is 397. The van der Waals surface area contributed by atoms with Crippen molar-refractivity contribution in [3.8, 4) is 0 Å². The molecule has 0 aliphatic heterocycles. The Labute approximate surface area is 96.7 Å². The maximum Gasteiger partial charge on any atom is 0.343 e. The number of anilines is 1. The molecule has 1 rings (SSSR count). The van der Waals surface area contributed by atoms with Gasteiger partial charge in [0.15, 0.2) is 6.61 Å². The molecule has 0 fully saturated rings. The third kappa shape index (κ3) is 4.63. The van der Waals surface area contributed by atoms with E-state index >= 15 is 0 Å². The van der Waals surface area contributed by atoms with Crippen LogP contribution in [-0.2, 0) is 9.63 Å². The van der Waals surface area contributed by atoms with Gasteiger partial charge in [-0.05, 0) is 18.2 Å². The highest BCUT2D eigenvalue weighted by molar-refractivity contribution is 6.30. The number of amides is 3. The standard InChI is InChI=1S/C9H10ClN3O3/c10-6-2-1-3-7(4-6)12-9(15)13-16-5-8(11)14/h1-4H,5H2,(H2,11,14)(H2,12,13,15). The van der Waals surface area contributed by atoms with Crippen LogP contribution in [0.5, 0.6) is 0 Å². The molecular formula is C9H10ClN3O3. The molecule has 0 heterocycles. The molecule has 16 heavy (non-hydrogen) atoms. The SMILES string of the molecule is NC(=O)CONC(=O)Nc1cccc(Cl)c1. The molecule has 4 N–H and O–H groups in total. The molecule has 1 aromatic carbocycles. The molecule has 6 nitrogen and oxygen atoms in total. The summed E-state index contributed by atoms with van der Waals surface area (Å²) < 4.78 is 0. The smallest absolute Gasteiger partial charge is 0.343 e. The fourth-order valence-electron chi connectivity index (χ4n) is 0.896. The third-order valence-electron chi connectivity index (χ3n) is 1.46. The van der Waals surface area contributed by atoms with Crippen LogP contribution in [0.4, 0.5) is 10.5 Å². The van der Waals surface area contributed by atoms with E-state index in [1.54, 1.807) is 24.3 Å². The highest BCUT2D eigenvalue weighted by Crippen LogP contribution is 2.14. The number of nitrogens with one attached hydrogen (secondary N) is 2. The topological polar surface area (TPSA) is 93.5 Å². The lowest BCUT2D eigenvalue weighted by Gasteiger charge is -2.06. The van der Waals surface area contributed by atoms with Gasteiger partial charge in [0.25, 0.3) is 0 Å². The molecule has 0 bridgehead atoms. The van der Waals surface area contributed by atoms with Gasteiger partial charge in [-0.1, -0.05) is 17.7 Å². The number of hydroxylamine groups is 1. The second-order valence-corrected chi connectivity index (χ2v) is 3.26. The monoisotopic (exact) mass is 243 g/mol. The van der Waals surface area contributed by atoms with Gasteiger partial charge in [-0.15, -0.1) is 0 Å². The van der Waals surface area contributed by atoms with Gasteiger partial charge in [0.05, 0.1) is 0 Å². The summed E-state index contributed by atoms with van der Waals surface area (Å²) in [6.07, 6.45) is 0. The normalized spacial score (nSPS) is 9.56. The fraction of sp³-hybridized carbons (Fsp3) is 0.111. The summed E-state index contributed by atoms with van der Waals surface area (Å²) in [6, 6.07) is 5.95. The lowest BCUT2D eigenvalue weighted by atomic mass is 10.3. The zero-order chi connectivity index (χ0) is 12.0. The molecule has 7 heteroatoms. The van der Waals surface area contributed by atoms with Gasteiger partial charge < -0.3 is 11.1 Å². The number of rotatable bonds is 4. The molecule has 3 amide bonds. The van der Waals surface area contributed by atoms with Gasteiger partial charge in [0, 0.05) is 10.7 Å². The van der Waals surface area contributed by atoms with Gasteiger partial charge in [-0.25, -0.2) is 10.3 Å². The molecule has 0 atom stereocenters. The number of primary amides is 1. The second-order valence-electron chi connectivity index (χ2n) is 2.82. The molecule has 86 valence electrons. The van der Waals surface area contributed by atoms with Gasteiger partial charge in [0.2, 0.25) is 5.91 Å². The molecule has 1 aromatic rings. The predicted octanol–water partition coefficient (Wildman–Crippen LogP) is 0.878. The predicted molar refractivity (Wildman–Crippen MR) is 58.8 cm³/mol. The lowest BCUT2D eigenvalue weighted by molar-refractivity contribution is -0.124. The number of halogens is 1. The van der Waals surface area contributed by atoms with E-state index in [4.69, 9.17) is 17.3 Å². The first-order valence-corrected chi connectivity index (χ1v) is 4.68. The summed E-state index contributed by atoms with van der Waals surface area (Å²) in [5.41, 5.74) is 7.29. The van der Waals surface area contributed by atoms with E-state index in [0.717, 1.165) is 0 Å². The number of hydrogen-bond donors (Lipinski definition) is 3. The van der Waals surface area contributed by atoms with Gasteiger partial charge in [-0.3, -0.25) is 9.63 Å². The summed E-state index contributed by atoms with van der Waals surface area (Å²) in [7, 11) is 0. The van der Waals surface area contributed by atoms with Crippen molar-refractivity contribution in [3.63, 3.8) is 0 Å². The van der Waals surface area contributed by atoms with Crippen LogP contribution in [0.1, 0.15) is 0 Å². The van der Waals surface area contributed by atoms with Crippen molar-refractivity contribution in [1.82, 2.24) is 5.48 Å². The van der Waals surface area contributed by atoms with Crippen molar-refractivity contribution in [1.29, 1.82) is 0 Å². The molecular weight excluding hydrogens is 234 g/mol. The van der Waals surface area contributed by atoms with Crippen molar-refractivity contribution in [2.75, 3.05) is 11.9 Å². The fourth-order valence-corrected chi connectivity index (χ4v) is 1.09. The highest BCUT2D eigenvalue weighted by atomic mass is 35.5. The van der Waals surface area contributed by atoms with E-state index in [1.165, 1.54) is 0 Å². The van der Waals surface area contributed by atoms with Gasteiger partial charge in [0.1, 0.15) is 0 Å². The molecule has 0 aliphatic rings. The molecule has 0 saturated carbocycles. The van der Waals surface area contributed by atoms with Crippen LogP contribution in [-0.4, -0.2) is 18.5 Å². The average molecular weight is 244 g/mol. The molecule has 0 spiro atoms. The maximum atomic E-state index is 11.2. The molecule has 0 saturated heterocycles. The lowest BCUT2D eigenvalue weighted by Crippen LogP contribution is -2.32. The van der Waals surface area contributed by atoms with Crippen LogP contribution >= 0.6 is 11.6 Å². The van der Waals surface area contributed by atoms with E-state index in [-0.39, 0.29) is 6.61 Å². The van der Waals surface area contributed by atoms with Crippen molar-refractivity contribution >= 4 is 29.2 Å². The van der Waals surface area contributed by atoms with Crippen molar-refractivity contribution < 1.29 is 14.4 Å². The first kappa shape index (κ1) is 12.3. The summed E-state index contributed by atoms with van der Waals surface area (Å²) in [5, 5.41) is 2.94. The number of nitrogens with two attached hydrogens (primary N) is 1. The Morgan fingerprint density at radius 3 is 2.81 bits per heavy atom. The summed E-state index contributed by atoms with van der Waals surface area (Å²) in [6.45, 7) is -0.386. The molecule has 0 aromatic heterocycles. The Hall–Kier alpha value is -1.79. The van der Waals surface area contributed by atoms with Crippen LogP contribution in [0, 0.1) is 0 Å². The number of benzene rings is 1.